The van der Waals surface area contributed by atoms with E-state index in [1.54, 1.807) is 0 Å². The van der Waals surface area contributed by atoms with Crippen LogP contribution in [0, 0.1) is 0 Å². The van der Waals surface area contributed by atoms with E-state index < -0.39 is 17.8 Å². The number of nitrogens with one attached hydrogen (secondary N) is 1. The van der Waals surface area contributed by atoms with E-state index in [2.05, 4.69) is 5.32 Å². The van der Waals surface area contributed by atoms with Gasteiger partial charge in [-0.3, -0.25) is 4.90 Å². The van der Waals surface area contributed by atoms with Gasteiger partial charge >= 0.3 is 6.18 Å². The number of nitrogens with zero attached hydrogens (tertiary/aromatic N) is 1. The van der Waals surface area contributed by atoms with Gasteiger partial charge in [0, 0.05) is 49.4 Å². The lowest BCUT2D eigenvalue weighted by atomic mass is 9.95. The Labute approximate surface area is 138 Å². The molecule has 1 aliphatic heterocycles. The van der Waals surface area contributed by atoms with Crippen molar-refractivity contribution in [3.8, 4) is 0 Å². The van der Waals surface area contributed by atoms with Gasteiger partial charge in [-0.1, -0.05) is 17.7 Å². The highest BCUT2D eigenvalue weighted by molar-refractivity contribution is 6.31. The fourth-order valence-electron chi connectivity index (χ4n) is 2.75. The molecule has 0 aromatic heterocycles. The number of hydrogen-bond donors (Lipinski definition) is 2. The quantitative estimate of drug-likeness (QED) is 0.867. The molecule has 0 unspecified atom stereocenters. The normalized spacial score (nSPS) is 17.9. The lowest BCUT2D eigenvalue weighted by Gasteiger charge is -2.36. The largest absolute Gasteiger partial charge is 0.416 e. The first-order chi connectivity index (χ1) is 9.95. The highest BCUT2D eigenvalue weighted by Crippen LogP contribution is 2.41. The van der Waals surface area contributed by atoms with Crippen molar-refractivity contribution < 1.29 is 18.3 Å². The summed E-state index contributed by atoms with van der Waals surface area (Å²) in [4.78, 5) is 1.95. The van der Waals surface area contributed by atoms with Crippen LogP contribution in [0.15, 0.2) is 18.2 Å². The molecule has 0 amide bonds. The Morgan fingerprint density at radius 3 is 2.45 bits per heavy atom. The minimum absolute atomic E-state index is 0. The van der Waals surface area contributed by atoms with Crippen molar-refractivity contribution in [1.82, 2.24) is 10.2 Å². The molecule has 2 N–H and O–H groups in total. The first-order valence-corrected chi connectivity index (χ1v) is 7.24. The van der Waals surface area contributed by atoms with Gasteiger partial charge in [0.2, 0.25) is 0 Å². The maximum absolute atomic E-state index is 13.2. The molecular formula is C14H19Cl2F3N2O. The third-order valence-corrected chi connectivity index (χ3v) is 4.02. The van der Waals surface area contributed by atoms with E-state index in [4.69, 9.17) is 11.6 Å². The Morgan fingerprint density at radius 1 is 1.27 bits per heavy atom. The number of piperazine rings is 1. The summed E-state index contributed by atoms with van der Waals surface area (Å²) in [5.41, 5.74) is -0.644. The second-order valence-corrected chi connectivity index (χ2v) is 5.42. The lowest BCUT2D eigenvalue weighted by Crippen LogP contribution is -2.45. The summed E-state index contributed by atoms with van der Waals surface area (Å²) in [6.07, 6.45) is -4.23. The smallest absolute Gasteiger partial charge is 0.396 e. The molecule has 1 fully saturated rings. The lowest BCUT2D eigenvalue weighted by molar-refractivity contribution is -0.138. The predicted octanol–water partition coefficient (Wildman–Crippen LogP) is 3.11. The van der Waals surface area contributed by atoms with Crippen LogP contribution in [0.3, 0.4) is 0 Å². The van der Waals surface area contributed by atoms with E-state index in [9.17, 15) is 18.3 Å². The molecule has 8 heteroatoms. The van der Waals surface area contributed by atoms with Crippen LogP contribution in [0.2, 0.25) is 5.02 Å². The standard InChI is InChI=1S/C14H18ClF3N2O.ClH/c15-11-3-1-2-10(14(16,17)18)13(11)12(4-9-21)20-7-5-19-6-8-20;/h1-3,12,19,21H,4-9H2;1H/t12-;/m1./s1. The molecule has 1 aromatic rings. The van der Waals surface area contributed by atoms with Crippen LogP contribution >= 0.6 is 24.0 Å². The van der Waals surface area contributed by atoms with Crippen molar-refractivity contribution in [2.45, 2.75) is 18.6 Å². The molecule has 1 atom stereocenters. The Morgan fingerprint density at radius 2 is 1.91 bits per heavy atom. The minimum atomic E-state index is -4.46. The van der Waals surface area contributed by atoms with Crippen LogP contribution in [-0.2, 0) is 6.18 Å². The van der Waals surface area contributed by atoms with Crippen molar-refractivity contribution in [2.75, 3.05) is 32.8 Å². The summed E-state index contributed by atoms with van der Waals surface area (Å²) in [5.74, 6) is 0. The minimum Gasteiger partial charge on any atom is -0.396 e. The maximum Gasteiger partial charge on any atom is 0.416 e. The van der Waals surface area contributed by atoms with Gasteiger partial charge in [-0.2, -0.15) is 13.2 Å². The molecule has 3 nitrogen and oxygen atoms in total. The van der Waals surface area contributed by atoms with Gasteiger partial charge in [0.1, 0.15) is 0 Å². The number of halogens is 5. The average Bonchev–Trinajstić information content (AvgIpc) is 2.45. The van der Waals surface area contributed by atoms with E-state index in [0.717, 1.165) is 6.07 Å². The summed E-state index contributed by atoms with van der Waals surface area (Å²) in [6.45, 7) is 2.51. The second-order valence-electron chi connectivity index (χ2n) is 5.01. The molecule has 0 spiro atoms. The molecule has 0 radical (unpaired) electrons. The Hall–Kier alpha value is -0.530. The SMILES string of the molecule is Cl.OCC[C@H](c1c(Cl)cccc1C(F)(F)F)N1CCNCC1. The van der Waals surface area contributed by atoms with Crippen LogP contribution in [0.4, 0.5) is 13.2 Å². The molecule has 126 valence electrons. The topological polar surface area (TPSA) is 35.5 Å². The first kappa shape index (κ1) is 19.5. The van der Waals surface area contributed by atoms with E-state index >= 15 is 0 Å². The zero-order valence-electron chi connectivity index (χ0n) is 11.9. The van der Waals surface area contributed by atoms with Gasteiger partial charge in [-0.25, -0.2) is 0 Å². The number of hydrogen-bond acceptors (Lipinski definition) is 3. The Bertz CT molecular complexity index is 480. The fraction of sp³-hybridized carbons (Fsp3) is 0.571. The molecule has 2 rings (SSSR count). The third-order valence-electron chi connectivity index (χ3n) is 3.69. The highest BCUT2D eigenvalue weighted by Gasteiger charge is 2.37. The zero-order valence-corrected chi connectivity index (χ0v) is 13.4. The van der Waals surface area contributed by atoms with Crippen LogP contribution in [0.25, 0.3) is 0 Å². The predicted molar refractivity (Wildman–Crippen MR) is 82.6 cm³/mol. The number of aliphatic hydroxyl groups excluding tert-OH is 1. The monoisotopic (exact) mass is 358 g/mol. The van der Waals surface area contributed by atoms with Gasteiger partial charge in [0.15, 0.2) is 0 Å². The summed E-state index contributed by atoms with van der Waals surface area (Å²) < 4.78 is 39.7. The number of alkyl halides is 3. The second kappa shape index (κ2) is 8.36. The zero-order chi connectivity index (χ0) is 15.5. The molecule has 1 aromatic carbocycles. The van der Waals surface area contributed by atoms with E-state index in [0.29, 0.717) is 26.2 Å². The van der Waals surface area contributed by atoms with Crippen molar-refractivity contribution >= 4 is 24.0 Å². The summed E-state index contributed by atoms with van der Waals surface area (Å²) in [6, 6.07) is 3.30. The molecule has 0 saturated carbocycles. The molecule has 1 saturated heterocycles. The van der Waals surface area contributed by atoms with Crippen LogP contribution < -0.4 is 5.32 Å². The Kier molecular flexibility index (Phi) is 7.41. The Balaban J connectivity index is 0.00000242. The summed E-state index contributed by atoms with van der Waals surface area (Å²) >= 11 is 6.06. The van der Waals surface area contributed by atoms with Crippen LogP contribution in [0.5, 0.6) is 0 Å². The summed E-state index contributed by atoms with van der Waals surface area (Å²) in [7, 11) is 0. The fourth-order valence-corrected chi connectivity index (χ4v) is 3.05. The van der Waals surface area contributed by atoms with E-state index in [1.807, 2.05) is 4.90 Å². The number of rotatable bonds is 4. The van der Waals surface area contributed by atoms with Gasteiger partial charge in [-0.15, -0.1) is 12.4 Å². The number of benzene rings is 1. The van der Waals surface area contributed by atoms with Gasteiger partial charge in [0.25, 0.3) is 0 Å². The van der Waals surface area contributed by atoms with Gasteiger partial charge < -0.3 is 10.4 Å². The van der Waals surface area contributed by atoms with Gasteiger partial charge in [0.05, 0.1) is 5.56 Å². The average molecular weight is 359 g/mol. The maximum atomic E-state index is 13.2. The molecular weight excluding hydrogens is 340 g/mol. The molecule has 0 bridgehead atoms. The van der Waals surface area contributed by atoms with Crippen molar-refractivity contribution in [3.05, 3.63) is 34.3 Å². The molecule has 22 heavy (non-hydrogen) atoms. The summed E-state index contributed by atoms with van der Waals surface area (Å²) in [5, 5.41) is 12.5. The van der Waals surface area contributed by atoms with Gasteiger partial charge in [-0.05, 0) is 18.6 Å². The third kappa shape index (κ3) is 4.49. The molecule has 0 aliphatic carbocycles. The van der Waals surface area contributed by atoms with E-state index in [-0.39, 0.29) is 36.0 Å². The van der Waals surface area contributed by atoms with Crippen molar-refractivity contribution in [2.24, 2.45) is 0 Å². The van der Waals surface area contributed by atoms with Crippen LogP contribution in [-0.4, -0.2) is 42.8 Å². The van der Waals surface area contributed by atoms with E-state index in [1.165, 1.54) is 12.1 Å². The van der Waals surface area contributed by atoms with Crippen molar-refractivity contribution in [3.63, 3.8) is 0 Å². The molecule has 1 heterocycles. The molecule has 1 aliphatic rings. The first-order valence-electron chi connectivity index (χ1n) is 6.86. The van der Waals surface area contributed by atoms with Crippen molar-refractivity contribution in [1.29, 1.82) is 0 Å². The number of aliphatic hydroxyl groups is 1. The van der Waals surface area contributed by atoms with Crippen LogP contribution in [0.1, 0.15) is 23.6 Å². The highest BCUT2D eigenvalue weighted by atomic mass is 35.5.